The monoisotopic (exact) mass is 344 g/mol. The van der Waals surface area contributed by atoms with Crippen molar-refractivity contribution in [2.45, 2.75) is 50.2 Å². The summed E-state index contributed by atoms with van der Waals surface area (Å²) in [5.41, 5.74) is 1.17. The van der Waals surface area contributed by atoms with E-state index in [1.165, 1.54) is 11.8 Å². The molecule has 0 radical (unpaired) electrons. The maximum absolute atomic E-state index is 12.0. The van der Waals surface area contributed by atoms with E-state index in [0.29, 0.717) is 19.1 Å². The van der Waals surface area contributed by atoms with Crippen molar-refractivity contribution in [1.29, 1.82) is 0 Å². The molecule has 3 fully saturated rings. The second kappa shape index (κ2) is 6.40. The third-order valence-corrected chi connectivity index (χ3v) is 7.11. The third-order valence-electron chi connectivity index (χ3n) is 7.11. The Morgan fingerprint density at radius 3 is 2.48 bits per heavy atom. The van der Waals surface area contributed by atoms with E-state index in [4.69, 9.17) is 14.2 Å². The molecule has 3 aliphatic rings. The van der Waals surface area contributed by atoms with Gasteiger partial charge in [-0.25, -0.2) is 0 Å². The SMILES string of the molecule is COc1ccc([C@@]23CCC4(OCCO4)[C@@H](C)[C@@H]2CCCC3C=O)cc1. The zero-order valence-corrected chi connectivity index (χ0v) is 15.2. The molecule has 1 aliphatic heterocycles. The number of benzene rings is 1. The van der Waals surface area contributed by atoms with Gasteiger partial charge in [-0.3, -0.25) is 0 Å². The van der Waals surface area contributed by atoms with E-state index in [9.17, 15) is 4.79 Å². The van der Waals surface area contributed by atoms with Crippen LogP contribution in [-0.2, 0) is 19.7 Å². The Morgan fingerprint density at radius 2 is 1.84 bits per heavy atom. The largest absolute Gasteiger partial charge is 0.497 e. The van der Waals surface area contributed by atoms with Gasteiger partial charge < -0.3 is 19.0 Å². The van der Waals surface area contributed by atoms with Crippen LogP contribution >= 0.6 is 0 Å². The summed E-state index contributed by atoms with van der Waals surface area (Å²) in [4.78, 5) is 12.0. The Balaban J connectivity index is 1.77. The summed E-state index contributed by atoms with van der Waals surface area (Å²) in [6.07, 6.45) is 6.22. The van der Waals surface area contributed by atoms with Gasteiger partial charge >= 0.3 is 0 Å². The molecule has 1 aromatic rings. The van der Waals surface area contributed by atoms with E-state index in [1.54, 1.807) is 7.11 Å². The van der Waals surface area contributed by atoms with Crippen LogP contribution in [0.15, 0.2) is 24.3 Å². The highest BCUT2D eigenvalue weighted by Gasteiger charge is 2.60. The summed E-state index contributed by atoms with van der Waals surface area (Å²) in [7, 11) is 1.69. The Labute approximate surface area is 149 Å². The summed E-state index contributed by atoms with van der Waals surface area (Å²) >= 11 is 0. The van der Waals surface area contributed by atoms with Gasteiger partial charge in [0.05, 0.1) is 20.3 Å². The van der Waals surface area contributed by atoms with Crippen LogP contribution in [-0.4, -0.2) is 32.4 Å². The van der Waals surface area contributed by atoms with Crippen molar-refractivity contribution in [2.75, 3.05) is 20.3 Å². The van der Waals surface area contributed by atoms with E-state index >= 15 is 0 Å². The van der Waals surface area contributed by atoms with Crippen LogP contribution in [0.5, 0.6) is 5.75 Å². The average molecular weight is 344 g/mol. The van der Waals surface area contributed by atoms with Crippen molar-refractivity contribution < 1.29 is 19.0 Å². The molecule has 4 rings (SSSR count). The second-order valence-corrected chi connectivity index (χ2v) is 7.85. The molecule has 1 unspecified atom stereocenters. The fourth-order valence-corrected chi connectivity index (χ4v) is 5.87. The van der Waals surface area contributed by atoms with Crippen molar-refractivity contribution >= 4 is 6.29 Å². The number of fused-ring (bicyclic) bond motifs is 1. The quantitative estimate of drug-likeness (QED) is 0.784. The molecule has 1 saturated heterocycles. The fraction of sp³-hybridized carbons (Fsp3) is 0.667. The average Bonchev–Trinajstić information content (AvgIpc) is 3.14. The smallest absolute Gasteiger partial charge is 0.171 e. The number of carbonyl (C=O) groups excluding carboxylic acids is 1. The summed E-state index contributed by atoms with van der Waals surface area (Å²) in [5.74, 6) is 1.18. The molecule has 2 aliphatic carbocycles. The first-order valence-electron chi connectivity index (χ1n) is 9.54. The van der Waals surface area contributed by atoms with Gasteiger partial charge in [0.25, 0.3) is 0 Å². The van der Waals surface area contributed by atoms with Crippen LogP contribution in [0.2, 0.25) is 0 Å². The van der Waals surface area contributed by atoms with Crippen molar-refractivity contribution in [3.8, 4) is 5.75 Å². The molecule has 0 aromatic heterocycles. The molecular formula is C21H28O4. The zero-order chi connectivity index (χ0) is 17.5. The van der Waals surface area contributed by atoms with Crippen LogP contribution in [0.4, 0.5) is 0 Å². The lowest BCUT2D eigenvalue weighted by Crippen LogP contribution is -2.59. The zero-order valence-electron chi connectivity index (χ0n) is 15.2. The van der Waals surface area contributed by atoms with Gasteiger partial charge in [0.15, 0.2) is 5.79 Å². The molecule has 25 heavy (non-hydrogen) atoms. The minimum atomic E-state index is -0.439. The van der Waals surface area contributed by atoms with Gasteiger partial charge in [-0.2, -0.15) is 0 Å². The Kier molecular flexibility index (Phi) is 4.37. The van der Waals surface area contributed by atoms with Crippen molar-refractivity contribution in [3.05, 3.63) is 29.8 Å². The van der Waals surface area contributed by atoms with Crippen LogP contribution in [0.3, 0.4) is 0 Å². The van der Waals surface area contributed by atoms with E-state index in [-0.39, 0.29) is 17.3 Å². The lowest BCUT2D eigenvalue weighted by Gasteiger charge is -2.58. The van der Waals surface area contributed by atoms with Gasteiger partial charge in [-0.05, 0) is 42.9 Å². The number of rotatable bonds is 3. The van der Waals surface area contributed by atoms with Crippen LogP contribution in [0.25, 0.3) is 0 Å². The molecule has 4 heteroatoms. The standard InChI is InChI=1S/C21H28O4/c1-15-19-5-3-4-17(14-22)20(19,10-11-21(15)24-12-13-25-21)16-6-8-18(23-2)9-7-16/h6-9,14-15,17,19H,3-5,10-13H2,1-2H3/t15-,17?,19-,20+/m0/s1. The lowest BCUT2D eigenvalue weighted by atomic mass is 9.48. The van der Waals surface area contributed by atoms with E-state index in [1.807, 2.05) is 12.1 Å². The topological polar surface area (TPSA) is 44.8 Å². The number of ether oxygens (including phenoxy) is 3. The van der Waals surface area contributed by atoms with Crippen LogP contribution in [0.1, 0.15) is 44.6 Å². The highest BCUT2D eigenvalue weighted by Crippen LogP contribution is 2.60. The Bertz CT molecular complexity index is 619. The van der Waals surface area contributed by atoms with Crippen LogP contribution < -0.4 is 4.74 Å². The highest BCUT2D eigenvalue weighted by atomic mass is 16.7. The number of carbonyl (C=O) groups is 1. The number of hydrogen-bond donors (Lipinski definition) is 0. The van der Waals surface area contributed by atoms with Gasteiger partial charge in [-0.1, -0.05) is 25.5 Å². The molecule has 1 heterocycles. The van der Waals surface area contributed by atoms with E-state index in [0.717, 1.165) is 37.9 Å². The highest BCUT2D eigenvalue weighted by molar-refractivity contribution is 5.59. The Morgan fingerprint density at radius 1 is 1.12 bits per heavy atom. The third kappa shape index (κ3) is 2.45. The predicted octanol–water partition coefficient (Wildman–Crippen LogP) is 3.72. The molecule has 4 nitrogen and oxygen atoms in total. The number of hydrogen-bond acceptors (Lipinski definition) is 4. The minimum absolute atomic E-state index is 0.0702. The molecule has 4 atom stereocenters. The van der Waals surface area contributed by atoms with Crippen molar-refractivity contribution in [1.82, 2.24) is 0 Å². The molecule has 2 saturated carbocycles. The number of aldehydes is 1. The van der Waals surface area contributed by atoms with Crippen LogP contribution in [0, 0.1) is 17.8 Å². The minimum Gasteiger partial charge on any atom is -0.497 e. The maximum Gasteiger partial charge on any atom is 0.171 e. The van der Waals surface area contributed by atoms with Gasteiger partial charge in [0.1, 0.15) is 12.0 Å². The first-order valence-corrected chi connectivity index (χ1v) is 9.54. The summed E-state index contributed by atoms with van der Waals surface area (Å²) < 4.78 is 17.5. The summed E-state index contributed by atoms with van der Waals surface area (Å²) in [6.45, 7) is 3.63. The van der Waals surface area contributed by atoms with E-state index < -0.39 is 5.79 Å². The summed E-state index contributed by atoms with van der Waals surface area (Å²) in [6, 6.07) is 8.37. The maximum atomic E-state index is 12.0. The number of methoxy groups -OCH3 is 1. The van der Waals surface area contributed by atoms with Gasteiger partial charge in [0.2, 0.25) is 0 Å². The molecule has 136 valence electrons. The van der Waals surface area contributed by atoms with Gasteiger partial charge in [0, 0.05) is 23.7 Å². The lowest BCUT2D eigenvalue weighted by molar-refractivity contribution is -0.241. The Hall–Kier alpha value is -1.39. The van der Waals surface area contributed by atoms with Crippen molar-refractivity contribution in [3.63, 3.8) is 0 Å². The molecule has 1 spiro atoms. The first-order chi connectivity index (χ1) is 12.2. The summed E-state index contributed by atoms with van der Waals surface area (Å²) in [5, 5.41) is 0. The molecule has 0 N–H and O–H groups in total. The van der Waals surface area contributed by atoms with Crippen molar-refractivity contribution in [2.24, 2.45) is 17.8 Å². The molecule has 0 bridgehead atoms. The first kappa shape index (κ1) is 17.0. The molecular weight excluding hydrogens is 316 g/mol. The molecule has 1 aromatic carbocycles. The molecule has 0 amide bonds. The normalized spacial score (nSPS) is 36.8. The fourth-order valence-electron chi connectivity index (χ4n) is 5.87. The van der Waals surface area contributed by atoms with Gasteiger partial charge in [-0.15, -0.1) is 0 Å². The van der Waals surface area contributed by atoms with E-state index in [2.05, 4.69) is 19.1 Å². The second-order valence-electron chi connectivity index (χ2n) is 7.85. The predicted molar refractivity (Wildman–Crippen MR) is 94.6 cm³/mol.